The van der Waals surface area contributed by atoms with E-state index in [9.17, 15) is 14.7 Å². The highest BCUT2D eigenvalue weighted by molar-refractivity contribution is 5.90. The lowest BCUT2D eigenvalue weighted by molar-refractivity contribution is -0.143. The van der Waals surface area contributed by atoms with Gasteiger partial charge in [-0.1, -0.05) is 49.6 Å². The van der Waals surface area contributed by atoms with Crippen molar-refractivity contribution >= 4 is 11.9 Å². The Morgan fingerprint density at radius 3 is 2.38 bits per heavy atom. The number of aliphatic carboxylic acids is 1. The van der Waals surface area contributed by atoms with Crippen LogP contribution in [0.5, 0.6) is 0 Å². The fraction of sp³-hybridized carbons (Fsp3) is 0.500. The van der Waals surface area contributed by atoms with Crippen LogP contribution < -0.4 is 11.1 Å². The lowest BCUT2D eigenvalue weighted by Crippen LogP contribution is -2.58. The van der Waals surface area contributed by atoms with Gasteiger partial charge in [-0.3, -0.25) is 4.79 Å². The molecule has 2 rings (SSSR count). The molecule has 1 amide bonds. The maximum absolute atomic E-state index is 12.3. The van der Waals surface area contributed by atoms with E-state index in [1.165, 1.54) is 0 Å². The van der Waals surface area contributed by atoms with Gasteiger partial charge < -0.3 is 16.2 Å². The van der Waals surface area contributed by atoms with E-state index in [0.29, 0.717) is 12.8 Å². The summed E-state index contributed by atoms with van der Waals surface area (Å²) in [5, 5.41) is 11.9. The topological polar surface area (TPSA) is 92.4 Å². The van der Waals surface area contributed by atoms with E-state index in [-0.39, 0.29) is 12.3 Å². The van der Waals surface area contributed by atoms with Crippen molar-refractivity contribution in [3.05, 3.63) is 35.9 Å². The quantitative estimate of drug-likeness (QED) is 0.765. The fourth-order valence-electron chi connectivity index (χ4n) is 2.76. The third kappa shape index (κ3) is 4.04. The van der Waals surface area contributed by atoms with E-state index in [4.69, 9.17) is 5.73 Å². The third-order valence-electron chi connectivity index (χ3n) is 4.08. The van der Waals surface area contributed by atoms with Crippen LogP contribution in [0.1, 0.15) is 37.7 Å². The van der Waals surface area contributed by atoms with Gasteiger partial charge in [-0.25, -0.2) is 4.79 Å². The van der Waals surface area contributed by atoms with Gasteiger partial charge in [0.15, 0.2) is 0 Å². The van der Waals surface area contributed by atoms with Crippen LogP contribution in [-0.4, -0.2) is 28.6 Å². The molecule has 0 aliphatic heterocycles. The first kappa shape index (κ1) is 15.5. The zero-order valence-electron chi connectivity index (χ0n) is 12.0. The van der Waals surface area contributed by atoms with Crippen LogP contribution in [0.3, 0.4) is 0 Å². The van der Waals surface area contributed by atoms with Crippen molar-refractivity contribution in [2.24, 2.45) is 5.73 Å². The number of carboxylic acids is 1. The molecule has 0 saturated heterocycles. The Hall–Kier alpha value is -1.88. The molecule has 5 heteroatoms. The Morgan fingerprint density at radius 1 is 1.19 bits per heavy atom. The summed E-state index contributed by atoms with van der Waals surface area (Å²) < 4.78 is 0. The first-order chi connectivity index (χ1) is 10.0. The number of benzene rings is 1. The van der Waals surface area contributed by atoms with E-state index in [2.05, 4.69) is 5.32 Å². The second-order valence-electron chi connectivity index (χ2n) is 5.77. The number of carboxylic acid groups (broad SMARTS) is 1. The lowest BCUT2D eigenvalue weighted by atomic mass is 9.81. The molecule has 0 unspecified atom stereocenters. The monoisotopic (exact) mass is 290 g/mol. The summed E-state index contributed by atoms with van der Waals surface area (Å²) in [6, 6.07) is 8.32. The molecule has 114 valence electrons. The van der Waals surface area contributed by atoms with Crippen LogP contribution >= 0.6 is 0 Å². The smallest absolute Gasteiger partial charge is 0.326 e. The second kappa shape index (κ2) is 6.72. The Morgan fingerprint density at radius 2 is 1.81 bits per heavy atom. The molecule has 1 atom stereocenters. The Kier molecular flexibility index (Phi) is 4.96. The van der Waals surface area contributed by atoms with Crippen LogP contribution in [0.2, 0.25) is 0 Å². The minimum absolute atomic E-state index is 0.262. The number of nitrogens with two attached hydrogens (primary N) is 1. The predicted octanol–water partition coefficient (Wildman–Crippen LogP) is 1.46. The summed E-state index contributed by atoms with van der Waals surface area (Å²) in [6.45, 7) is 0. The molecule has 0 spiro atoms. The van der Waals surface area contributed by atoms with Crippen LogP contribution in [-0.2, 0) is 16.0 Å². The first-order valence-corrected chi connectivity index (χ1v) is 7.38. The Balaban J connectivity index is 2.02. The highest BCUT2D eigenvalue weighted by Crippen LogP contribution is 2.26. The molecule has 1 aromatic rings. The molecule has 0 aromatic heterocycles. The van der Waals surface area contributed by atoms with Crippen LogP contribution in [0.15, 0.2) is 30.3 Å². The Bertz CT molecular complexity index is 496. The summed E-state index contributed by atoms with van der Waals surface area (Å²) in [5.41, 5.74) is 6.10. The standard InChI is InChI=1S/C16H22N2O3/c17-16(9-5-2-6-10-16)15(21)18-13(14(19)20)11-12-7-3-1-4-8-12/h1,3-4,7-8,13H,2,5-6,9-11,17H2,(H,18,21)(H,19,20)/t13-/m0/s1. The number of amides is 1. The molecule has 1 aromatic carbocycles. The molecular formula is C16H22N2O3. The van der Waals surface area contributed by atoms with Gasteiger partial charge in [-0.05, 0) is 18.4 Å². The third-order valence-corrected chi connectivity index (χ3v) is 4.08. The molecule has 0 radical (unpaired) electrons. The minimum atomic E-state index is -1.04. The Labute approximate surface area is 124 Å². The highest BCUT2D eigenvalue weighted by Gasteiger charge is 2.37. The average molecular weight is 290 g/mol. The molecule has 0 heterocycles. The SMILES string of the molecule is NC1(C(=O)N[C@@H](Cc2ccccc2)C(=O)O)CCCCC1. The zero-order chi connectivity index (χ0) is 15.3. The summed E-state index contributed by atoms with van der Waals surface area (Å²) in [4.78, 5) is 23.7. The maximum Gasteiger partial charge on any atom is 0.326 e. The molecule has 1 fully saturated rings. The second-order valence-corrected chi connectivity index (χ2v) is 5.77. The normalized spacial score (nSPS) is 18.7. The largest absolute Gasteiger partial charge is 0.480 e. The molecule has 1 saturated carbocycles. The van der Waals surface area contributed by atoms with Gasteiger partial charge in [-0.15, -0.1) is 0 Å². The van der Waals surface area contributed by atoms with Crippen molar-refractivity contribution in [3.8, 4) is 0 Å². The van der Waals surface area contributed by atoms with E-state index in [1.54, 1.807) is 0 Å². The number of carbonyl (C=O) groups excluding carboxylic acids is 1. The number of carbonyl (C=O) groups is 2. The molecular weight excluding hydrogens is 268 g/mol. The van der Waals surface area contributed by atoms with Gasteiger partial charge in [0.25, 0.3) is 0 Å². The first-order valence-electron chi connectivity index (χ1n) is 7.38. The maximum atomic E-state index is 12.3. The van der Waals surface area contributed by atoms with E-state index in [1.807, 2.05) is 30.3 Å². The van der Waals surface area contributed by atoms with Crippen LogP contribution in [0.25, 0.3) is 0 Å². The molecule has 21 heavy (non-hydrogen) atoms. The summed E-state index contributed by atoms with van der Waals surface area (Å²) in [5.74, 6) is -1.38. The minimum Gasteiger partial charge on any atom is -0.480 e. The molecule has 5 nitrogen and oxygen atoms in total. The zero-order valence-corrected chi connectivity index (χ0v) is 12.0. The van der Waals surface area contributed by atoms with Crippen molar-refractivity contribution in [3.63, 3.8) is 0 Å². The number of hydrogen-bond donors (Lipinski definition) is 3. The van der Waals surface area contributed by atoms with Crippen molar-refractivity contribution in [2.75, 3.05) is 0 Å². The van der Waals surface area contributed by atoms with Crippen molar-refractivity contribution < 1.29 is 14.7 Å². The van der Waals surface area contributed by atoms with Gasteiger partial charge in [0.2, 0.25) is 5.91 Å². The fourth-order valence-corrected chi connectivity index (χ4v) is 2.76. The highest BCUT2D eigenvalue weighted by atomic mass is 16.4. The average Bonchev–Trinajstić information content (AvgIpc) is 2.48. The van der Waals surface area contributed by atoms with E-state index >= 15 is 0 Å². The molecule has 1 aliphatic carbocycles. The van der Waals surface area contributed by atoms with Crippen molar-refractivity contribution in [2.45, 2.75) is 50.1 Å². The number of nitrogens with one attached hydrogen (secondary N) is 1. The van der Waals surface area contributed by atoms with Gasteiger partial charge in [0.05, 0.1) is 5.54 Å². The van der Waals surface area contributed by atoms with Gasteiger partial charge >= 0.3 is 5.97 Å². The summed E-state index contributed by atoms with van der Waals surface area (Å²) in [6.07, 6.45) is 4.42. The van der Waals surface area contributed by atoms with Crippen molar-refractivity contribution in [1.82, 2.24) is 5.32 Å². The van der Waals surface area contributed by atoms with E-state index < -0.39 is 17.6 Å². The molecule has 1 aliphatic rings. The van der Waals surface area contributed by atoms with Gasteiger partial charge in [0.1, 0.15) is 6.04 Å². The lowest BCUT2D eigenvalue weighted by Gasteiger charge is -2.32. The predicted molar refractivity (Wildman–Crippen MR) is 79.7 cm³/mol. The molecule has 0 bridgehead atoms. The molecule has 4 N–H and O–H groups in total. The van der Waals surface area contributed by atoms with Gasteiger partial charge in [-0.2, -0.15) is 0 Å². The van der Waals surface area contributed by atoms with Crippen LogP contribution in [0.4, 0.5) is 0 Å². The van der Waals surface area contributed by atoms with Gasteiger partial charge in [0, 0.05) is 6.42 Å². The van der Waals surface area contributed by atoms with Crippen molar-refractivity contribution in [1.29, 1.82) is 0 Å². The number of hydrogen-bond acceptors (Lipinski definition) is 3. The van der Waals surface area contributed by atoms with Crippen LogP contribution in [0, 0.1) is 0 Å². The number of rotatable bonds is 5. The van der Waals surface area contributed by atoms with E-state index in [0.717, 1.165) is 24.8 Å². The summed E-state index contributed by atoms with van der Waals surface area (Å²) in [7, 11) is 0. The summed E-state index contributed by atoms with van der Waals surface area (Å²) >= 11 is 0.